The Balaban J connectivity index is 1.73. The van der Waals surface area contributed by atoms with Crippen molar-refractivity contribution in [1.82, 2.24) is 10.2 Å². The third-order valence-corrected chi connectivity index (χ3v) is 6.98. The molecule has 0 spiro atoms. The predicted octanol–water partition coefficient (Wildman–Crippen LogP) is 4.38. The smallest absolute Gasteiger partial charge is 0.407 e. The van der Waals surface area contributed by atoms with Crippen molar-refractivity contribution in [3.8, 4) is 0 Å². The highest BCUT2D eigenvalue weighted by molar-refractivity contribution is 6.01. The summed E-state index contributed by atoms with van der Waals surface area (Å²) in [7, 11) is 0. The van der Waals surface area contributed by atoms with Crippen LogP contribution in [0.1, 0.15) is 102 Å². The molecule has 3 N–H and O–H groups in total. The van der Waals surface area contributed by atoms with Gasteiger partial charge in [0.05, 0.1) is 6.54 Å². The minimum atomic E-state index is -1.07. The molecule has 1 aliphatic carbocycles. The first kappa shape index (κ1) is 30.4. The van der Waals surface area contributed by atoms with E-state index in [1.165, 1.54) is 4.90 Å². The molecule has 0 aromatic heterocycles. The molecule has 3 amide bonds. The molecule has 0 saturated heterocycles. The van der Waals surface area contributed by atoms with Crippen molar-refractivity contribution in [3.63, 3.8) is 0 Å². The van der Waals surface area contributed by atoms with E-state index < -0.39 is 46.9 Å². The average molecular weight is 548 g/mol. The van der Waals surface area contributed by atoms with Crippen molar-refractivity contribution in [2.75, 3.05) is 0 Å². The molecule has 3 atom stereocenters. The maximum atomic E-state index is 15.8. The van der Waals surface area contributed by atoms with Crippen LogP contribution in [0.3, 0.4) is 0 Å². The van der Waals surface area contributed by atoms with Gasteiger partial charge in [-0.25, -0.2) is 9.18 Å². The quantitative estimate of drug-likeness (QED) is 0.465. The molecular weight excluding hydrogens is 505 g/mol. The molecule has 1 heterocycles. The van der Waals surface area contributed by atoms with Gasteiger partial charge in [0.2, 0.25) is 5.91 Å². The lowest BCUT2D eigenvalue weighted by Crippen LogP contribution is -2.45. The third kappa shape index (κ3) is 8.16. The van der Waals surface area contributed by atoms with Crippen molar-refractivity contribution in [2.24, 2.45) is 11.7 Å². The maximum Gasteiger partial charge on any atom is 0.407 e. The number of carbonyl (C=O) groups excluding carboxylic acids is 4. The number of nitrogens with one attached hydrogen (secondary N) is 1. The van der Waals surface area contributed by atoms with Gasteiger partial charge in [0.25, 0.3) is 5.91 Å². The van der Waals surface area contributed by atoms with Gasteiger partial charge >= 0.3 is 12.1 Å². The van der Waals surface area contributed by atoms with Gasteiger partial charge in [-0.15, -0.1) is 0 Å². The van der Waals surface area contributed by atoms with Gasteiger partial charge in [0.1, 0.15) is 23.1 Å². The first-order valence-corrected chi connectivity index (χ1v) is 13.7. The first-order chi connectivity index (χ1) is 18.1. The predicted molar refractivity (Wildman–Crippen MR) is 143 cm³/mol. The molecule has 0 unspecified atom stereocenters. The summed E-state index contributed by atoms with van der Waals surface area (Å²) in [5, 5.41) is 2.96. The van der Waals surface area contributed by atoms with E-state index in [0.29, 0.717) is 12.0 Å². The van der Waals surface area contributed by atoms with Crippen molar-refractivity contribution in [2.45, 2.75) is 116 Å². The molecular formula is C29H42FN3O6. The summed E-state index contributed by atoms with van der Waals surface area (Å²) in [6, 6.07) is 1.98. The summed E-state index contributed by atoms with van der Waals surface area (Å²) < 4.78 is 26.5. The van der Waals surface area contributed by atoms with E-state index in [-0.39, 0.29) is 42.5 Å². The molecule has 9 nitrogen and oxygen atoms in total. The van der Waals surface area contributed by atoms with Gasteiger partial charge in [-0.3, -0.25) is 14.4 Å². The van der Waals surface area contributed by atoms with Gasteiger partial charge in [0, 0.05) is 23.6 Å². The molecule has 1 saturated carbocycles. The van der Waals surface area contributed by atoms with Gasteiger partial charge in [-0.2, -0.15) is 0 Å². The zero-order valence-electron chi connectivity index (χ0n) is 23.9. The summed E-state index contributed by atoms with van der Waals surface area (Å²) in [6.45, 7) is 10.5. The Bertz CT molecular complexity index is 1110. The highest BCUT2D eigenvalue weighted by atomic mass is 19.1. The van der Waals surface area contributed by atoms with Crippen LogP contribution in [0, 0.1) is 11.7 Å². The summed E-state index contributed by atoms with van der Waals surface area (Å²) in [5.74, 6) is -2.24. The zero-order chi connectivity index (χ0) is 29.1. The summed E-state index contributed by atoms with van der Waals surface area (Å²) in [5.41, 5.74) is 5.15. The second-order valence-electron chi connectivity index (χ2n) is 12.5. The number of ether oxygens (including phenoxy) is 2. The molecule has 10 heteroatoms. The topological polar surface area (TPSA) is 128 Å². The second kappa shape index (κ2) is 11.9. The number of rotatable bonds is 8. The lowest BCUT2D eigenvalue weighted by atomic mass is 9.80. The molecule has 1 aliphatic heterocycles. The number of benzene rings is 1. The Kier molecular flexibility index (Phi) is 9.28. The molecule has 2 aliphatic rings. The standard InChI is InChI=1S/C29H42FN3O6/c1-28(2,3)38-23(34)14-13-22(25(31)35)33-16-20-19(26(33)36)12-11-18(24(20)30)15-17-9-7-8-10-21(17)32-27(37)39-29(4,5)6/h11-12,17,21-22H,7-10,13-16H2,1-6H3,(H2,31,35)(H,32,37)/t17-,21+,22+/m1/s1. The van der Waals surface area contributed by atoms with Crippen molar-refractivity contribution in [3.05, 3.63) is 34.6 Å². The van der Waals surface area contributed by atoms with Gasteiger partial charge in [0.15, 0.2) is 0 Å². The molecule has 1 fully saturated rings. The fraction of sp³-hybridized carbons (Fsp3) is 0.655. The number of halogens is 1. The van der Waals surface area contributed by atoms with Crippen LogP contribution in [-0.4, -0.2) is 52.1 Å². The van der Waals surface area contributed by atoms with E-state index in [4.69, 9.17) is 15.2 Å². The normalized spacial score (nSPS) is 20.3. The Morgan fingerprint density at radius 2 is 1.72 bits per heavy atom. The van der Waals surface area contributed by atoms with E-state index in [9.17, 15) is 19.2 Å². The monoisotopic (exact) mass is 547 g/mol. The molecule has 39 heavy (non-hydrogen) atoms. The number of amides is 3. The molecule has 0 radical (unpaired) electrons. The highest BCUT2D eigenvalue weighted by Gasteiger charge is 2.38. The molecule has 0 bridgehead atoms. The second-order valence-corrected chi connectivity index (χ2v) is 12.5. The lowest BCUT2D eigenvalue weighted by molar-refractivity contribution is -0.155. The largest absolute Gasteiger partial charge is 0.460 e. The van der Waals surface area contributed by atoms with E-state index >= 15 is 4.39 Å². The zero-order valence-corrected chi connectivity index (χ0v) is 23.9. The third-order valence-electron chi connectivity index (χ3n) is 6.98. The van der Waals surface area contributed by atoms with Crippen LogP contribution in [-0.2, 0) is 32.0 Å². The van der Waals surface area contributed by atoms with Crippen LogP contribution in [0.5, 0.6) is 0 Å². The fourth-order valence-corrected chi connectivity index (χ4v) is 5.31. The number of nitrogens with two attached hydrogens (primary N) is 1. The number of nitrogens with zero attached hydrogens (tertiary/aromatic N) is 1. The van der Waals surface area contributed by atoms with Gasteiger partial charge in [-0.05, 0) is 84.8 Å². The minimum Gasteiger partial charge on any atom is -0.460 e. The summed E-state index contributed by atoms with van der Waals surface area (Å²) >= 11 is 0. The molecule has 216 valence electrons. The van der Waals surface area contributed by atoms with Crippen molar-refractivity contribution < 1.29 is 33.0 Å². The van der Waals surface area contributed by atoms with Crippen LogP contribution in [0.25, 0.3) is 0 Å². The van der Waals surface area contributed by atoms with E-state index in [2.05, 4.69) is 5.32 Å². The van der Waals surface area contributed by atoms with E-state index in [1.54, 1.807) is 53.7 Å². The average Bonchev–Trinajstić information content (AvgIpc) is 3.11. The SMILES string of the molecule is CC(C)(C)OC(=O)CC[C@@H](C(N)=O)N1Cc2c(ccc(C[C@H]3CCCC[C@@H]3NC(=O)OC(C)(C)C)c2F)C1=O. The number of fused-ring (bicyclic) bond motifs is 1. The van der Waals surface area contributed by atoms with Crippen LogP contribution in [0.4, 0.5) is 9.18 Å². The van der Waals surface area contributed by atoms with Crippen molar-refractivity contribution in [1.29, 1.82) is 0 Å². The van der Waals surface area contributed by atoms with Crippen LogP contribution in [0.15, 0.2) is 12.1 Å². The molecule has 1 aromatic carbocycles. The summed E-state index contributed by atoms with van der Waals surface area (Å²) in [6.07, 6.45) is 3.34. The first-order valence-electron chi connectivity index (χ1n) is 13.7. The fourth-order valence-electron chi connectivity index (χ4n) is 5.31. The number of primary amides is 1. The Hall–Kier alpha value is -3.17. The molecule has 3 rings (SSSR count). The van der Waals surface area contributed by atoms with Crippen LogP contribution >= 0.6 is 0 Å². The minimum absolute atomic E-state index is 0.0132. The number of alkyl carbamates (subject to hydrolysis) is 1. The number of esters is 1. The number of carbonyl (C=O) groups is 4. The number of hydrogen-bond acceptors (Lipinski definition) is 6. The lowest BCUT2D eigenvalue weighted by Gasteiger charge is -2.33. The molecule has 1 aromatic rings. The summed E-state index contributed by atoms with van der Waals surface area (Å²) in [4.78, 5) is 51.2. The van der Waals surface area contributed by atoms with E-state index in [0.717, 1.165) is 25.7 Å². The highest BCUT2D eigenvalue weighted by Crippen LogP contribution is 2.33. The maximum absolute atomic E-state index is 15.8. The van der Waals surface area contributed by atoms with Gasteiger partial charge in [-0.1, -0.05) is 18.9 Å². The van der Waals surface area contributed by atoms with Gasteiger partial charge < -0.3 is 25.4 Å². The van der Waals surface area contributed by atoms with E-state index in [1.807, 2.05) is 0 Å². The number of hydrogen-bond donors (Lipinski definition) is 2. The van der Waals surface area contributed by atoms with Crippen molar-refractivity contribution >= 4 is 23.9 Å². The van der Waals surface area contributed by atoms with Crippen LogP contribution < -0.4 is 11.1 Å². The van der Waals surface area contributed by atoms with Crippen LogP contribution in [0.2, 0.25) is 0 Å². The Labute approximate surface area is 230 Å². The Morgan fingerprint density at radius 1 is 1.08 bits per heavy atom. The Morgan fingerprint density at radius 3 is 2.33 bits per heavy atom.